The van der Waals surface area contributed by atoms with Crippen LogP contribution in [0.3, 0.4) is 0 Å². The molecule has 1 aromatic carbocycles. The van der Waals surface area contributed by atoms with Crippen LogP contribution in [0.15, 0.2) is 27.4 Å². The first-order valence-corrected chi connectivity index (χ1v) is 8.79. The highest BCUT2D eigenvalue weighted by Gasteiger charge is 2.19. The fraction of sp³-hybridized carbons (Fsp3) is 0.444. The van der Waals surface area contributed by atoms with E-state index in [0.29, 0.717) is 28.9 Å². The van der Waals surface area contributed by atoms with Crippen molar-refractivity contribution in [2.75, 3.05) is 32.7 Å². The van der Waals surface area contributed by atoms with Gasteiger partial charge in [-0.1, -0.05) is 24.5 Å². The second kappa shape index (κ2) is 6.65. The number of nitrogens with zero attached hydrogens (tertiary/aromatic N) is 3. The molecule has 0 unspecified atom stereocenters. The second-order valence-electron chi connectivity index (χ2n) is 6.67. The van der Waals surface area contributed by atoms with Gasteiger partial charge in [-0.05, 0) is 19.0 Å². The van der Waals surface area contributed by atoms with Crippen molar-refractivity contribution in [2.24, 2.45) is 0 Å². The van der Waals surface area contributed by atoms with Crippen LogP contribution in [0.4, 0.5) is 0 Å². The molecule has 0 aliphatic carbocycles. The molecule has 4 rings (SSSR count). The number of aromatic amines is 1. The average molecular weight is 336 g/mol. The van der Waals surface area contributed by atoms with Crippen molar-refractivity contribution in [2.45, 2.75) is 19.9 Å². The summed E-state index contributed by atoms with van der Waals surface area (Å²) in [5.41, 5.74) is 1.88. The van der Waals surface area contributed by atoms with Crippen LogP contribution in [-0.4, -0.2) is 60.3 Å². The molecule has 128 valence electrons. The third-order valence-corrected chi connectivity index (χ3v) is 4.77. The SMILES string of the molecule is [B]c1ccc2oc3c(=O)[nH]c(CN4CCN(CCC)CC4)nc3c2c1. The molecule has 0 spiro atoms. The van der Waals surface area contributed by atoms with Gasteiger partial charge in [-0.3, -0.25) is 9.69 Å². The lowest BCUT2D eigenvalue weighted by atomic mass is 9.95. The van der Waals surface area contributed by atoms with Gasteiger partial charge in [0.05, 0.1) is 6.54 Å². The van der Waals surface area contributed by atoms with Gasteiger partial charge in [-0.25, -0.2) is 4.98 Å². The molecule has 1 aliphatic rings. The normalized spacial score (nSPS) is 16.8. The standard InChI is InChI=1S/C18H21BN4O2/c1-2-5-22-6-8-23(9-7-22)11-15-20-16-13-10-12(19)3-4-14(13)25-17(16)18(24)21-15/h3-4,10H,2,5-9,11H2,1H3,(H,20,21,24). The third-order valence-electron chi connectivity index (χ3n) is 4.77. The highest BCUT2D eigenvalue weighted by Crippen LogP contribution is 2.23. The van der Waals surface area contributed by atoms with Crippen LogP contribution in [0.2, 0.25) is 0 Å². The number of hydrogen-bond donors (Lipinski definition) is 1. The van der Waals surface area contributed by atoms with Crippen LogP contribution >= 0.6 is 0 Å². The molecular weight excluding hydrogens is 315 g/mol. The maximum absolute atomic E-state index is 12.4. The molecule has 0 amide bonds. The molecule has 7 heteroatoms. The van der Waals surface area contributed by atoms with Gasteiger partial charge in [0, 0.05) is 31.6 Å². The summed E-state index contributed by atoms with van der Waals surface area (Å²) in [7, 11) is 5.87. The van der Waals surface area contributed by atoms with E-state index >= 15 is 0 Å². The van der Waals surface area contributed by atoms with E-state index < -0.39 is 0 Å². The molecule has 2 radical (unpaired) electrons. The zero-order valence-corrected chi connectivity index (χ0v) is 14.4. The molecule has 0 bridgehead atoms. The first kappa shape index (κ1) is 16.4. The molecular formula is C18H21BN4O2. The number of piperazine rings is 1. The highest BCUT2D eigenvalue weighted by molar-refractivity contribution is 6.33. The molecule has 25 heavy (non-hydrogen) atoms. The Hall–Kier alpha value is -2.12. The Labute approximate surface area is 147 Å². The Morgan fingerprint density at radius 1 is 1.24 bits per heavy atom. The van der Waals surface area contributed by atoms with E-state index in [-0.39, 0.29) is 11.1 Å². The lowest BCUT2D eigenvalue weighted by Gasteiger charge is -2.34. The number of furan rings is 1. The molecule has 0 atom stereocenters. The largest absolute Gasteiger partial charge is 0.449 e. The van der Waals surface area contributed by atoms with Crippen molar-refractivity contribution < 1.29 is 4.42 Å². The van der Waals surface area contributed by atoms with E-state index in [1.54, 1.807) is 18.2 Å². The molecule has 0 saturated carbocycles. The summed E-state index contributed by atoms with van der Waals surface area (Å²) < 4.78 is 5.64. The van der Waals surface area contributed by atoms with Crippen LogP contribution in [0.5, 0.6) is 0 Å². The first-order chi connectivity index (χ1) is 12.1. The Bertz CT molecular complexity index is 957. The van der Waals surface area contributed by atoms with Gasteiger partial charge in [-0.2, -0.15) is 0 Å². The van der Waals surface area contributed by atoms with Crippen molar-refractivity contribution >= 4 is 35.4 Å². The fourth-order valence-corrected chi connectivity index (χ4v) is 3.49. The second-order valence-corrected chi connectivity index (χ2v) is 6.67. The number of benzene rings is 1. The maximum Gasteiger partial charge on any atom is 0.294 e. The molecule has 3 aromatic rings. The van der Waals surface area contributed by atoms with Crippen LogP contribution < -0.4 is 11.0 Å². The molecule has 3 heterocycles. The monoisotopic (exact) mass is 336 g/mol. The van der Waals surface area contributed by atoms with E-state index in [0.717, 1.165) is 38.1 Å². The van der Waals surface area contributed by atoms with Gasteiger partial charge in [0.1, 0.15) is 24.8 Å². The van der Waals surface area contributed by atoms with Crippen LogP contribution in [0.1, 0.15) is 19.2 Å². The van der Waals surface area contributed by atoms with Gasteiger partial charge >= 0.3 is 0 Å². The molecule has 1 N–H and O–H groups in total. The summed E-state index contributed by atoms with van der Waals surface area (Å²) in [6, 6.07) is 5.34. The topological polar surface area (TPSA) is 65.4 Å². The van der Waals surface area contributed by atoms with E-state index in [2.05, 4.69) is 26.7 Å². The van der Waals surface area contributed by atoms with Gasteiger partial charge in [0.25, 0.3) is 5.56 Å². The summed E-state index contributed by atoms with van der Waals surface area (Å²) in [5, 5.41) is 0.787. The molecule has 6 nitrogen and oxygen atoms in total. The molecule has 1 fully saturated rings. The zero-order valence-electron chi connectivity index (χ0n) is 14.4. The summed E-state index contributed by atoms with van der Waals surface area (Å²) in [6.07, 6.45) is 1.18. The first-order valence-electron chi connectivity index (χ1n) is 8.79. The van der Waals surface area contributed by atoms with Crippen molar-refractivity contribution in [1.82, 2.24) is 19.8 Å². The lowest BCUT2D eigenvalue weighted by molar-refractivity contribution is 0.125. The van der Waals surface area contributed by atoms with Gasteiger partial charge in [-0.15, -0.1) is 0 Å². The van der Waals surface area contributed by atoms with Crippen LogP contribution in [0.25, 0.3) is 22.1 Å². The minimum absolute atomic E-state index is 0.237. The Kier molecular flexibility index (Phi) is 4.35. The maximum atomic E-state index is 12.4. The minimum atomic E-state index is -0.237. The number of aromatic nitrogens is 2. The van der Waals surface area contributed by atoms with Crippen molar-refractivity contribution in [3.8, 4) is 0 Å². The Balaban J connectivity index is 1.61. The fourth-order valence-electron chi connectivity index (χ4n) is 3.49. The molecule has 1 aliphatic heterocycles. The van der Waals surface area contributed by atoms with Gasteiger partial charge in [0.15, 0.2) is 0 Å². The number of hydrogen-bond acceptors (Lipinski definition) is 5. The predicted molar refractivity (Wildman–Crippen MR) is 99.5 cm³/mol. The average Bonchev–Trinajstić information content (AvgIpc) is 2.96. The summed E-state index contributed by atoms with van der Waals surface area (Å²) in [5.74, 6) is 0.673. The van der Waals surface area contributed by atoms with Crippen molar-refractivity contribution in [3.05, 3.63) is 34.4 Å². The zero-order chi connectivity index (χ0) is 17.4. The Morgan fingerprint density at radius 2 is 2.00 bits per heavy atom. The van der Waals surface area contributed by atoms with E-state index in [4.69, 9.17) is 12.3 Å². The number of rotatable bonds is 4. The minimum Gasteiger partial charge on any atom is -0.449 e. The Morgan fingerprint density at radius 3 is 2.76 bits per heavy atom. The van der Waals surface area contributed by atoms with E-state index in [1.807, 2.05) is 0 Å². The smallest absolute Gasteiger partial charge is 0.294 e. The van der Waals surface area contributed by atoms with Crippen LogP contribution in [-0.2, 0) is 6.54 Å². The van der Waals surface area contributed by atoms with Gasteiger partial charge in [0.2, 0.25) is 5.58 Å². The number of nitrogens with one attached hydrogen (secondary N) is 1. The summed E-state index contributed by atoms with van der Waals surface area (Å²) in [6.45, 7) is 8.09. The number of H-pyrrole nitrogens is 1. The lowest BCUT2D eigenvalue weighted by Crippen LogP contribution is -2.46. The van der Waals surface area contributed by atoms with Gasteiger partial charge < -0.3 is 14.3 Å². The number of fused-ring (bicyclic) bond motifs is 3. The quantitative estimate of drug-likeness (QED) is 0.720. The molecule has 2 aromatic heterocycles. The van der Waals surface area contributed by atoms with Crippen LogP contribution in [0, 0.1) is 0 Å². The summed E-state index contributed by atoms with van der Waals surface area (Å²) in [4.78, 5) is 24.7. The van der Waals surface area contributed by atoms with E-state index in [1.165, 1.54) is 6.42 Å². The van der Waals surface area contributed by atoms with E-state index in [9.17, 15) is 4.79 Å². The third kappa shape index (κ3) is 3.21. The summed E-state index contributed by atoms with van der Waals surface area (Å²) >= 11 is 0. The highest BCUT2D eigenvalue weighted by atomic mass is 16.3. The van der Waals surface area contributed by atoms with Crippen molar-refractivity contribution in [1.29, 1.82) is 0 Å². The van der Waals surface area contributed by atoms with Crippen molar-refractivity contribution in [3.63, 3.8) is 0 Å². The predicted octanol–water partition coefficient (Wildman–Crippen LogP) is 0.991. The molecule has 1 saturated heterocycles.